The number of piperazine rings is 1. The molecule has 1 heterocycles. The van der Waals surface area contributed by atoms with Gasteiger partial charge >= 0.3 is 0 Å². The van der Waals surface area contributed by atoms with Crippen molar-refractivity contribution in [2.45, 2.75) is 13.0 Å². The largest absolute Gasteiger partial charge is 0.497 e. The minimum absolute atomic E-state index is 0.0222. The van der Waals surface area contributed by atoms with Crippen LogP contribution < -0.4 is 10.1 Å². The molecule has 1 amide bonds. The van der Waals surface area contributed by atoms with Gasteiger partial charge in [-0.1, -0.05) is 41.6 Å². The third-order valence-corrected chi connectivity index (χ3v) is 6.06. The van der Waals surface area contributed by atoms with E-state index in [0.29, 0.717) is 0 Å². The Morgan fingerprint density at radius 3 is 2.55 bits per heavy atom. The first-order chi connectivity index (χ1) is 14.1. The molecule has 0 atom stereocenters. The monoisotopic (exact) mass is 433 g/mol. The van der Waals surface area contributed by atoms with Crippen molar-refractivity contribution in [1.29, 1.82) is 0 Å². The third kappa shape index (κ3) is 7.55. The summed E-state index contributed by atoms with van der Waals surface area (Å²) in [5.41, 5.74) is 2.07. The van der Waals surface area contributed by atoms with E-state index in [9.17, 15) is 4.79 Å². The zero-order chi connectivity index (χ0) is 20.5. The minimum Gasteiger partial charge on any atom is -0.497 e. The second kappa shape index (κ2) is 11.5. The maximum Gasteiger partial charge on any atom is 0.283 e. The number of rotatable bonds is 8. The van der Waals surface area contributed by atoms with Crippen LogP contribution in [0.15, 0.2) is 48.5 Å². The highest BCUT2D eigenvalue weighted by molar-refractivity contribution is 8.13. The van der Waals surface area contributed by atoms with Crippen molar-refractivity contribution in [2.75, 3.05) is 50.9 Å². The second-order valence-electron chi connectivity index (χ2n) is 7.09. The molecule has 0 saturated carbocycles. The van der Waals surface area contributed by atoms with Gasteiger partial charge < -0.3 is 15.0 Å². The van der Waals surface area contributed by atoms with E-state index in [2.05, 4.69) is 27.2 Å². The number of carbonyl (C=O) groups is 1. The van der Waals surface area contributed by atoms with Crippen LogP contribution >= 0.6 is 23.4 Å². The van der Waals surface area contributed by atoms with Gasteiger partial charge in [0.1, 0.15) is 5.75 Å². The Morgan fingerprint density at radius 1 is 1.10 bits per heavy atom. The Bertz CT molecular complexity index is 780. The number of methoxy groups -OCH3 is 1. The van der Waals surface area contributed by atoms with Crippen LogP contribution in [0.25, 0.3) is 0 Å². The molecule has 1 saturated heterocycles. The number of hydrogen-bond donors (Lipinski definition) is 1. The fourth-order valence-electron chi connectivity index (χ4n) is 3.33. The molecule has 1 aliphatic heterocycles. The van der Waals surface area contributed by atoms with E-state index in [4.69, 9.17) is 16.3 Å². The number of carbonyl (C=O) groups excluding carboxylic acids is 1. The van der Waals surface area contributed by atoms with E-state index >= 15 is 0 Å². The third-order valence-electron chi connectivity index (χ3n) is 4.95. The number of nitrogens with one attached hydrogen (secondary N) is 1. The van der Waals surface area contributed by atoms with E-state index < -0.39 is 0 Å². The molecule has 0 bridgehead atoms. The van der Waals surface area contributed by atoms with E-state index in [-0.39, 0.29) is 5.24 Å². The summed E-state index contributed by atoms with van der Waals surface area (Å²) in [6.45, 7) is 6.32. The van der Waals surface area contributed by atoms with Gasteiger partial charge in [-0.05, 0) is 42.8 Å². The van der Waals surface area contributed by atoms with Crippen LogP contribution in [0.4, 0.5) is 10.5 Å². The van der Waals surface area contributed by atoms with Crippen LogP contribution in [0.3, 0.4) is 0 Å². The van der Waals surface area contributed by atoms with Crippen LogP contribution in [-0.2, 0) is 6.54 Å². The highest BCUT2D eigenvalue weighted by Crippen LogP contribution is 2.19. The molecule has 2 aromatic rings. The number of ether oxygens (including phenoxy) is 1. The summed E-state index contributed by atoms with van der Waals surface area (Å²) in [6.07, 6.45) is 1.01. The van der Waals surface area contributed by atoms with Crippen molar-refractivity contribution < 1.29 is 9.53 Å². The molecule has 7 heteroatoms. The van der Waals surface area contributed by atoms with Crippen molar-refractivity contribution in [3.8, 4) is 5.75 Å². The van der Waals surface area contributed by atoms with Crippen LogP contribution in [0, 0.1) is 0 Å². The summed E-state index contributed by atoms with van der Waals surface area (Å²) in [4.78, 5) is 17.1. The number of nitrogens with zero attached hydrogens (tertiary/aromatic N) is 2. The number of anilines is 1. The summed E-state index contributed by atoms with van der Waals surface area (Å²) < 4.78 is 5.18. The first-order valence-electron chi connectivity index (χ1n) is 9.89. The number of halogens is 1. The zero-order valence-electron chi connectivity index (χ0n) is 16.8. The molecular formula is C22H28ClN3O2S. The second-order valence-corrected chi connectivity index (χ2v) is 8.59. The first kappa shape index (κ1) is 22.0. The highest BCUT2D eigenvalue weighted by Gasteiger charge is 2.16. The summed E-state index contributed by atoms with van der Waals surface area (Å²) >= 11 is 7.29. The highest BCUT2D eigenvalue weighted by atomic mass is 35.5. The van der Waals surface area contributed by atoms with Gasteiger partial charge in [-0.2, -0.15) is 0 Å². The smallest absolute Gasteiger partial charge is 0.283 e. The average Bonchev–Trinajstić information content (AvgIpc) is 2.74. The Balaban J connectivity index is 1.28. The lowest BCUT2D eigenvalue weighted by Crippen LogP contribution is -2.46. The maximum absolute atomic E-state index is 12.1. The first-order valence-corrected chi connectivity index (χ1v) is 11.3. The van der Waals surface area contributed by atoms with E-state index in [1.165, 1.54) is 17.3 Å². The summed E-state index contributed by atoms with van der Waals surface area (Å²) in [6, 6.07) is 15.5. The van der Waals surface area contributed by atoms with Gasteiger partial charge in [-0.15, -0.1) is 0 Å². The topological polar surface area (TPSA) is 44.8 Å². The lowest BCUT2D eigenvalue weighted by atomic mass is 10.2. The van der Waals surface area contributed by atoms with Crippen LogP contribution in [0.1, 0.15) is 12.0 Å². The summed E-state index contributed by atoms with van der Waals surface area (Å²) in [7, 11) is 1.62. The Kier molecular flexibility index (Phi) is 8.68. The SMILES string of the molecule is COc1cccc(NC(=O)SCCCN2CCN(Cc3ccc(Cl)cc3)CC2)c1. The predicted molar refractivity (Wildman–Crippen MR) is 122 cm³/mol. The molecule has 0 unspecified atom stereocenters. The van der Waals surface area contributed by atoms with Crippen molar-refractivity contribution in [1.82, 2.24) is 9.80 Å². The molecule has 29 heavy (non-hydrogen) atoms. The fraction of sp³-hybridized carbons (Fsp3) is 0.409. The number of thioether (sulfide) groups is 1. The van der Waals surface area contributed by atoms with Crippen molar-refractivity contribution >= 4 is 34.3 Å². The average molecular weight is 434 g/mol. The number of hydrogen-bond acceptors (Lipinski definition) is 5. The summed E-state index contributed by atoms with van der Waals surface area (Å²) in [5, 5.41) is 3.67. The van der Waals surface area contributed by atoms with Crippen molar-refractivity contribution in [3.05, 3.63) is 59.1 Å². The van der Waals surface area contributed by atoms with E-state index in [1.54, 1.807) is 7.11 Å². The number of amides is 1. The molecule has 1 fully saturated rings. The molecule has 1 aliphatic rings. The van der Waals surface area contributed by atoms with Crippen molar-refractivity contribution in [3.63, 3.8) is 0 Å². The standard InChI is InChI=1S/C22H28ClN3O2S/c1-28-21-5-2-4-20(16-21)24-22(27)29-15-3-10-25-11-13-26(14-12-25)17-18-6-8-19(23)9-7-18/h2,4-9,16H,3,10-15,17H2,1H3,(H,24,27). The van der Waals surface area contributed by atoms with E-state index in [1.807, 2.05) is 36.4 Å². The molecule has 3 rings (SSSR count). The van der Waals surface area contributed by atoms with Crippen LogP contribution in [0.5, 0.6) is 5.75 Å². The van der Waals surface area contributed by atoms with Gasteiger partial charge in [0.05, 0.1) is 7.11 Å². The van der Waals surface area contributed by atoms with Crippen LogP contribution in [0.2, 0.25) is 5.02 Å². The predicted octanol–water partition coefficient (Wildman–Crippen LogP) is 4.82. The quantitative estimate of drug-likeness (QED) is 0.604. The molecule has 0 aromatic heterocycles. The lowest BCUT2D eigenvalue weighted by Gasteiger charge is -2.34. The Labute approximate surface area is 182 Å². The normalized spacial score (nSPS) is 15.2. The Morgan fingerprint density at radius 2 is 1.83 bits per heavy atom. The molecular weight excluding hydrogens is 406 g/mol. The molecule has 5 nitrogen and oxygen atoms in total. The minimum atomic E-state index is -0.0222. The van der Waals surface area contributed by atoms with Gasteiger partial charge in [0.15, 0.2) is 0 Å². The van der Waals surface area contributed by atoms with Crippen LogP contribution in [-0.4, -0.2) is 60.6 Å². The summed E-state index contributed by atoms with van der Waals surface area (Å²) in [5.74, 6) is 1.56. The Hall–Kier alpha value is -1.73. The molecule has 0 aliphatic carbocycles. The zero-order valence-corrected chi connectivity index (χ0v) is 18.3. The van der Waals surface area contributed by atoms with Gasteiger partial charge in [0.25, 0.3) is 5.24 Å². The maximum atomic E-state index is 12.1. The fourth-order valence-corrected chi connectivity index (χ4v) is 4.10. The van der Waals surface area contributed by atoms with Gasteiger partial charge in [0, 0.05) is 55.3 Å². The molecule has 1 N–H and O–H groups in total. The van der Waals surface area contributed by atoms with Gasteiger partial charge in [-0.3, -0.25) is 9.69 Å². The molecule has 156 valence electrons. The lowest BCUT2D eigenvalue weighted by molar-refractivity contribution is 0.127. The van der Waals surface area contributed by atoms with E-state index in [0.717, 1.165) is 67.9 Å². The van der Waals surface area contributed by atoms with Gasteiger partial charge in [-0.25, -0.2) is 0 Å². The molecule has 2 aromatic carbocycles. The van der Waals surface area contributed by atoms with Gasteiger partial charge in [0.2, 0.25) is 0 Å². The molecule has 0 spiro atoms. The molecule has 0 radical (unpaired) electrons. The van der Waals surface area contributed by atoms with Crippen molar-refractivity contribution in [2.24, 2.45) is 0 Å². The number of benzene rings is 2.